The number of hydrogen-bond donors (Lipinski definition) is 2. The molecule has 20 heavy (non-hydrogen) atoms. The predicted octanol–water partition coefficient (Wildman–Crippen LogP) is 3.96. The molecule has 3 nitrogen and oxygen atoms in total. The van der Waals surface area contributed by atoms with Gasteiger partial charge in [0.15, 0.2) is 0 Å². The van der Waals surface area contributed by atoms with Crippen molar-refractivity contribution in [3.8, 4) is 0 Å². The number of nitrogens with zero attached hydrogens (tertiary/aromatic N) is 1. The van der Waals surface area contributed by atoms with Crippen LogP contribution in [-0.4, -0.2) is 10.1 Å². The molecule has 3 aromatic rings. The van der Waals surface area contributed by atoms with Gasteiger partial charge in [0.1, 0.15) is 5.01 Å². The van der Waals surface area contributed by atoms with Gasteiger partial charge >= 0.3 is 0 Å². The Balaban J connectivity index is 1.79. The van der Waals surface area contributed by atoms with Crippen molar-refractivity contribution >= 4 is 27.2 Å². The lowest BCUT2D eigenvalue weighted by Crippen LogP contribution is -2.06. The number of aliphatic hydroxyl groups is 1. The van der Waals surface area contributed by atoms with Crippen LogP contribution in [0.3, 0.4) is 0 Å². The highest BCUT2D eigenvalue weighted by Crippen LogP contribution is 2.28. The van der Waals surface area contributed by atoms with Crippen LogP contribution in [0.15, 0.2) is 48.5 Å². The van der Waals surface area contributed by atoms with E-state index in [9.17, 15) is 0 Å². The minimum Gasteiger partial charge on any atom is -0.392 e. The van der Waals surface area contributed by atoms with Crippen LogP contribution in [0.5, 0.6) is 0 Å². The Morgan fingerprint density at radius 1 is 1.15 bits per heavy atom. The molecule has 0 aliphatic rings. The van der Waals surface area contributed by atoms with Gasteiger partial charge in [-0.1, -0.05) is 24.3 Å². The van der Waals surface area contributed by atoms with Crippen LogP contribution >= 0.6 is 11.3 Å². The first-order chi connectivity index (χ1) is 9.76. The summed E-state index contributed by atoms with van der Waals surface area (Å²) in [5.74, 6) is 0. The Hall–Kier alpha value is -1.91. The summed E-state index contributed by atoms with van der Waals surface area (Å²) < 4.78 is 1.21. The maximum atomic E-state index is 9.04. The average molecular weight is 284 g/mol. The number of fused-ring (bicyclic) bond motifs is 1. The highest BCUT2D eigenvalue weighted by atomic mass is 32.1. The van der Waals surface area contributed by atoms with E-state index in [0.29, 0.717) is 0 Å². The molecule has 0 saturated heterocycles. The van der Waals surface area contributed by atoms with Crippen LogP contribution in [0.1, 0.15) is 23.5 Å². The number of nitrogens with one attached hydrogen (secondary N) is 1. The first-order valence-corrected chi connectivity index (χ1v) is 7.40. The first-order valence-electron chi connectivity index (χ1n) is 6.58. The lowest BCUT2D eigenvalue weighted by Gasteiger charge is -2.12. The quantitative estimate of drug-likeness (QED) is 0.762. The zero-order chi connectivity index (χ0) is 13.9. The number of aromatic nitrogens is 1. The molecule has 0 bridgehead atoms. The fourth-order valence-corrected chi connectivity index (χ4v) is 3.06. The molecule has 1 unspecified atom stereocenters. The number of benzene rings is 2. The molecule has 2 N–H and O–H groups in total. The minimum atomic E-state index is 0.0771. The van der Waals surface area contributed by atoms with Crippen molar-refractivity contribution in [1.82, 2.24) is 4.98 Å². The van der Waals surface area contributed by atoms with Crippen LogP contribution in [0.4, 0.5) is 5.69 Å². The number of thiazole rings is 1. The van der Waals surface area contributed by atoms with E-state index in [0.717, 1.165) is 21.8 Å². The molecular formula is C16H16N2OS. The molecule has 0 amide bonds. The summed E-state index contributed by atoms with van der Waals surface area (Å²) in [6.07, 6.45) is 0. The normalized spacial score (nSPS) is 12.5. The van der Waals surface area contributed by atoms with E-state index in [2.05, 4.69) is 23.3 Å². The van der Waals surface area contributed by atoms with Gasteiger partial charge in [0.25, 0.3) is 0 Å². The molecule has 1 aromatic heterocycles. The third-order valence-corrected chi connectivity index (χ3v) is 4.42. The topological polar surface area (TPSA) is 45.1 Å². The third kappa shape index (κ3) is 2.66. The summed E-state index contributed by atoms with van der Waals surface area (Å²) in [6.45, 7) is 2.19. The molecule has 4 heteroatoms. The van der Waals surface area contributed by atoms with Crippen LogP contribution < -0.4 is 5.32 Å². The highest BCUT2D eigenvalue weighted by molar-refractivity contribution is 7.18. The largest absolute Gasteiger partial charge is 0.392 e. The van der Waals surface area contributed by atoms with E-state index in [4.69, 9.17) is 5.11 Å². The first kappa shape index (κ1) is 13.1. The van der Waals surface area contributed by atoms with Crippen molar-refractivity contribution in [3.05, 3.63) is 59.1 Å². The lowest BCUT2D eigenvalue weighted by atomic mass is 10.2. The molecule has 1 heterocycles. The van der Waals surface area contributed by atoms with Crippen molar-refractivity contribution in [3.63, 3.8) is 0 Å². The maximum absolute atomic E-state index is 9.04. The second kappa shape index (κ2) is 5.61. The summed E-state index contributed by atoms with van der Waals surface area (Å²) in [5.41, 5.74) is 3.01. The Morgan fingerprint density at radius 2 is 1.90 bits per heavy atom. The van der Waals surface area contributed by atoms with E-state index in [1.165, 1.54) is 4.70 Å². The molecule has 0 aliphatic carbocycles. The van der Waals surface area contributed by atoms with Crippen LogP contribution in [0.25, 0.3) is 10.2 Å². The standard InChI is InChI=1S/C16H16N2OS/c1-11(17-13-8-6-12(10-19)7-9-13)16-18-14-4-2-3-5-15(14)20-16/h2-9,11,17,19H,10H2,1H3. The van der Waals surface area contributed by atoms with Gasteiger partial charge in [-0.2, -0.15) is 0 Å². The Labute approximate surface area is 121 Å². The fourth-order valence-electron chi connectivity index (χ4n) is 2.09. The third-order valence-electron chi connectivity index (χ3n) is 3.20. The lowest BCUT2D eigenvalue weighted by molar-refractivity contribution is 0.282. The van der Waals surface area contributed by atoms with E-state index >= 15 is 0 Å². The summed E-state index contributed by atoms with van der Waals surface area (Å²) in [7, 11) is 0. The summed E-state index contributed by atoms with van der Waals surface area (Å²) in [5, 5.41) is 13.6. The van der Waals surface area contributed by atoms with Crippen molar-refractivity contribution < 1.29 is 5.11 Å². The average Bonchev–Trinajstić information content (AvgIpc) is 2.92. The second-order valence-corrected chi connectivity index (χ2v) is 5.80. The number of anilines is 1. The van der Waals surface area contributed by atoms with E-state index in [1.807, 2.05) is 42.5 Å². The van der Waals surface area contributed by atoms with Gasteiger partial charge in [-0.3, -0.25) is 0 Å². The molecule has 0 saturated carbocycles. The molecule has 102 valence electrons. The molecule has 3 rings (SSSR count). The molecule has 0 radical (unpaired) electrons. The number of aliphatic hydroxyl groups excluding tert-OH is 1. The van der Waals surface area contributed by atoms with E-state index in [1.54, 1.807) is 11.3 Å². The van der Waals surface area contributed by atoms with Gasteiger partial charge in [0, 0.05) is 5.69 Å². The second-order valence-electron chi connectivity index (χ2n) is 4.74. The summed E-state index contributed by atoms with van der Waals surface area (Å²) >= 11 is 1.72. The maximum Gasteiger partial charge on any atom is 0.116 e. The molecule has 2 aromatic carbocycles. The van der Waals surface area contributed by atoms with Crippen LogP contribution in [0, 0.1) is 0 Å². The van der Waals surface area contributed by atoms with E-state index < -0.39 is 0 Å². The van der Waals surface area contributed by atoms with Gasteiger partial charge < -0.3 is 10.4 Å². The van der Waals surface area contributed by atoms with Gasteiger partial charge in [-0.15, -0.1) is 11.3 Å². The summed E-state index contributed by atoms with van der Waals surface area (Å²) in [4.78, 5) is 4.66. The molecule has 0 spiro atoms. The molecular weight excluding hydrogens is 268 g/mol. The number of rotatable bonds is 4. The monoisotopic (exact) mass is 284 g/mol. The van der Waals surface area contributed by atoms with Crippen molar-refractivity contribution in [1.29, 1.82) is 0 Å². The summed E-state index contributed by atoms with van der Waals surface area (Å²) in [6, 6.07) is 16.2. The van der Waals surface area contributed by atoms with Gasteiger partial charge in [0.05, 0.1) is 22.9 Å². The minimum absolute atomic E-state index is 0.0771. The zero-order valence-electron chi connectivity index (χ0n) is 11.2. The van der Waals surface area contributed by atoms with Crippen molar-refractivity contribution in [2.24, 2.45) is 0 Å². The number of para-hydroxylation sites is 1. The Kier molecular flexibility index (Phi) is 3.67. The molecule has 0 aliphatic heterocycles. The zero-order valence-corrected chi connectivity index (χ0v) is 12.0. The Morgan fingerprint density at radius 3 is 2.60 bits per heavy atom. The van der Waals surface area contributed by atoms with Gasteiger partial charge in [0.2, 0.25) is 0 Å². The SMILES string of the molecule is CC(Nc1ccc(CO)cc1)c1nc2ccccc2s1. The van der Waals surface area contributed by atoms with Crippen molar-refractivity contribution in [2.75, 3.05) is 5.32 Å². The van der Waals surface area contributed by atoms with Crippen molar-refractivity contribution in [2.45, 2.75) is 19.6 Å². The Bertz CT molecular complexity index is 673. The van der Waals surface area contributed by atoms with Crippen LogP contribution in [0.2, 0.25) is 0 Å². The molecule has 0 fully saturated rings. The van der Waals surface area contributed by atoms with Crippen LogP contribution in [-0.2, 0) is 6.61 Å². The fraction of sp³-hybridized carbons (Fsp3) is 0.188. The number of hydrogen-bond acceptors (Lipinski definition) is 4. The van der Waals surface area contributed by atoms with E-state index in [-0.39, 0.29) is 12.6 Å². The molecule has 1 atom stereocenters. The predicted molar refractivity (Wildman–Crippen MR) is 84.0 cm³/mol. The smallest absolute Gasteiger partial charge is 0.116 e. The highest BCUT2D eigenvalue weighted by Gasteiger charge is 2.11. The van der Waals surface area contributed by atoms with Gasteiger partial charge in [-0.05, 0) is 36.8 Å². The van der Waals surface area contributed by atoms with Gasteiger partial charge in [-0.25, -0.2) is 4.98 Å².